The molecule has 4 N–H and O–H groups in total. The maximum atomic E-state index is 14.4. The Bertz CT molecular complexity index is 1270. The number of amides is 4. The fraction of sp³-hybridized carbons (Fsp3) is 0.529. The minimum atomic E-state index is -1.16. The van der Waals surface area contributed by atoms with Crippen molar-refractivity contribution >= 4 is 41.1 Å². The van der Waals surface area contributed by atoms with Crippen LogP contribution in [0, 0.1) is 20.8 Å². The first-order chi connectivity index (χ1) is 20.6. The SMILES string of the molecule is CCCCCCCN(C(=O)C(CCC(N)=O)NC(=O)OC(C)(C)C)C(C(=O)Nc1c(C)cccc1Cl)c1cc(C)cc(C)c1. The van der Waals surface area contributed by atoms with Crippen molar-refractivity contribution in [2.45, 2.75) is 111 Å². The zero-order valence-corrected chi connectivity index (χ0v) is 28.0. The summed E-state index contributed by atoms with van der Waals surface area (Å²) >= 11 is 6.48. The number of halogens is 1. The molecule has 0 aliphatic heterocycles. The lowest BCUT2D eigenvalue weighted by Gasteiger charge is -2.35. The average molecular weight is 629 g/mol. The Morgan fingerprint density at radius 3 is 2.18 bits per heavy atom. The predicted octanol–water partition coefficient (Wildman–Crippen LogP) is 6.90. The molecule has 242 valence electrons. The fourth-order valence-electron chi connectivity index (χ4n) is 5.07. The second kappa shape index (κ2) is 17.0. The summed E-state index contributed by atoms with van der Waals surface area (Å²) in [7, 11) is 0. The number of carbonyl (C=O) groups excluding carboxylic acids is 4. The van der Waals surface area contributed by atoms with Gasteiger partial charge in [-0.1, -0.05) is 85.7 Å². The topological polar surface area (TPSA) is 131 Å². The lowest BCUT2D eigenvalue weighted by Crippen LogP contribution is -2.53. The van der Waals surface area contributed by atoms with Gasteiger partial charge >= 0.3 is 6.09 Å². The standard InChI is InChI=1S/C34H49ClN4O5/c1-8-9-10-11-12-18-39(32(42)27(16-17-28(36)40)37-33(43)44-34(5,6)7)30(25-20-22(2)19-23(3)21-25)31(41)38-29-24(4)14-13-15-26(29)35/h13-15,19-21,27,30H,8-12,16-18H2,1-7H3,(H2,36,40)(H,37,43)(H,38,41). The van der Waals surface area contributed by atoms with E-state index in [1.54, 1.807) is 32.9 Å². The van der Waals surface area contributed by atoms with Crippen LogP contribution in [0.25, 0.3) is 0 Å². The lowest BCUT2D eigenvalue weighted by molar-refractivity contribution is -0.141. The number of primary amides is 1. The van der Waals surface area contributed by atoms with Gasteiger partial charge in [-0.3, -0.25) is 14.4 Å². The number of aryl methyl sites for hydroxylation is 3. The number of ether oxygens (including phenoxy) is 1. The van der Waals surface area contributed by atoms with E-state index in [1.807, 2.05) is 45.0 Å². The number of hydrogen-bond acceptors (Lipinski definition) is 5. The number of benzene rings is 2. The number of carbonyl (C=O) groups is 4. The minimum absolute atomic E-state index is 0.0510. The summed E-state index contributed by atoms with van der Waals surface area (Å²) in [4.78, 5) is 54.8. The van der Waals surface area contributed by atoms with Crippen molar-refractivity contribution in [3.8, 4) is 0 Å². The number of para-hydroxylation sites is 1. The van der Waals surface area contributed by atoms with Crippen LogP contribution in [0.3, 0.4) is 0 Å². The zero-order valence-electron chi connectivity index (χ0n) is 27.2. The highest BCUT2D eigenvalue weighted by Gasteiger charge is 2.36. The molecule has 0 bridgehead atoms. The summed E-state index contributed by atoms with van der Waals surface area (Å²) in [6.45, 7) is 13.2. The molecule has 44 heavy (non-hydrogen) atoms. The molecule has 0 aliphatic rings. The predicted molar refractivity (Wildman–Crippen MR) is 176 cm³/mol. The molecule has 2 rings (SSSR count). The second-order valence-corrected chi connectivity index (χ2v) is 12.8. The van der Waals surface area contributed by atoms with Crippen LogP contribution in [0.2, 0.25) is 5.02 Å². The number of nitrogens with two attached hydrogens (primary N) is 1. The van der Waals surface area contributed by atoms with Crippen molar-refractivity contribution in [1.29, 1.82) is 0 Å². The van der Waals surface area contributed by atoms with E-state index >= 15 is 0 Å². The van der Waals surface area contributed by atoms with E-state index in [4.69, 9.17) is 22.1 Å². The third-order valence-electron chi connectivity index (χ3n) is 7.04. The molecule has 2 aromatic rings. The molecule has 9 nitrogen and oxygen atoms in total. The largest absolute Gasteiger partial charge is 0.444 e. The summed E-state index contributed by atoms with van der Waals surface area (Å²) < 4.78 is 5.43. The first-order valence-electron chi connectivity index (χ1n) is 15.4. The van der Waals surface area contributed by atoms with Crippen molar-refractivity contribution in [3.63, 3.8) is 0 Å². The van der Waals surface area contributed by atoms with E-state index in [0.29, 0.717) is 22.7 Å². The zero-order chi connectivity index (χ0) is 33.0. The minimum Gasteiger partial charge on any atom is -0.444 e. The Balaban J connectivity index is 2.63. The van der Waals surface area contributed by atoms with Crippen LogP contribution in [-0.2, 0) is 19.1 Å². The van der Waals surface area contributed by atoms with Gasteiger partial charge in [-0.2, -0.15) is 0 Å². The van der Waals surface area contributed by atoms with E-state index < -0.39 is 41.5 Å². The number of unbranched alkanes of at least 4 members (excludes halogenated alkanes) is 4. The van der Waals surface area contributed by atoms with Gasteiger partial charge in [-0.05, 0) is 71.6 Å². The smallest absolute Gasteiger partial charge is 0.408 e. The van der Waals surface area contributed by atoms with Crippen LogP contribution >= 0.6 is 11.6 Å². The summed E-state index contributed by atoms with van der Waals surface area (Å²) in [5.41, 5.74) is 8.34. The van der Waals surface area contributed by atoms with Crippen molar-refractivity contribution < 1.29 is 23.9 Å². The third kappa shape index (κ3) is 11.8. The Morgan fingerprint density at radius 1 is 0.977 bits per heavy atom. The van der Waals surface area contributed by atoms with E-state index in [-0.39, 0.29) is 19.4 Å². The van der Waals surface area contributed by atoms with Crippen LogP contribution in [-0.4, -0.2) is 46.9 Å². The van der Waals surface area contributed by atoms with Crippen molar-refractivity contribution in [3.05, 3.63) is 63.7 Å². The van der Waals surface area contributed by atoms with Gasteiger partial charge in [0.2, 0.25) is 11.8 Å². The number of nitrogens with one attached hydrogen (secondary N) is 2. The first kappa shape index (κ1) is 36.6. The lowest BCUT2D eigenvalue weighted by atomic mass is 9.97. The van der Waals surface area contributed by atoms with Gasteiger partial charge in [0.15, 0.2) is 0 Å². The number of anilines is 1. The summed E-state index contributed by atoms with van der Waals surface area (Å²) in [6, 6.07) is 8.88. The highest BCUT2D eigenvalue weighted by atomic mass is 35.5. The van der Waals surface area contributed by atoms with Crippen LogP contribution in [0.1, 0.15) is 101 Å². The van der Waals surface area contributed by atoms with Crippen LogP contribution in [0.4, 0.5) is 10.5 Å². The molecule has 2 unspecified atom stereocenters. The molecule has 0 saturated heterocycles. The van der Waals surface area contributed by atoms with Gasteiger partial charge in [-0.25, -0.2) is 4.79 Å². The molecule has 4 amide bonds. The molecule has 0 fully saturated rings. The van der Waals surface area contributed by atoms with E-state index in [9.17, 15) is 19.2 Å². The Hall–Kier alpha value is -3.59. The number of hydrogen-bond donors (Lipinski definition) is 3. The normalized spacial score (nSPS) is 12.6. The van der Waals surface area contributed by atoms with Gasteiger partial charge in [0.25, 0.3) is 5.91 Å². The van der Waals surface area contributed by atoms with E-state index in [2.05, 4.69) is 17.6 Å². The van der Waals surface area contributed by atoms with Crippen molar-refractivity contribution in [1.82, 2.24) is 10.2 Å². The number of rotatable bonds is 15. The summed E-state index contributed by atoms with van der Waals surface area (Å²) in [5, 5.41) is 5.99. The van der Waals surface area contributed by atoms with Gasteiger partial charge in [-0.15, -0.1) is 0 Å². The maximum Gasteiger partial charge on any atom is 0.408 e. The van der Waals surface area contributed by atoms with Crippen molar-refractivity contribution in [2.75, 3.05) is 11.9 Å². The van der Waals surface area contributed by atoms with Crippen LogP contribution < -0.4 is 16.4 Å². The van der Waals surface area contributed by atoms with E-state index in [0.717, 1.165) is 42.4 Å². The Morgan fingerprint density at radius 2 is 1.61 bits per heavy atom. The summed E-state index contributed by atoms with van der Waals surface area (Å²) in [6.07, 6.45) is 3.60. The van der Waals surface area contributed by atoms with Gasteiger partial charge in [0.1, 0.15) is 17.7 Å². The van der Waals surface area contributed by atoms with Gasteiger partial charge in [0, 0.05) is 13.0 Å². The third-order valence-corrected chi connectivity index (χ3v) is 7.36. The monoisotopic (exact) mass is 628 g/mol. The highest BCUT2D eigenvalue weighted by Crippen LogP contribution is 2.31. The van der Waals surface area contributed by atoms with Gasteiger partial charge in [0.05, 0.1) is 10.7 Å². The van der Waals surface area contributed by atoms with Gasteiger partial charge < -0.3 is 26.0 Å². The van der Waals surface area contributed by atoms with Crippen LogP contribution in [0.5, 0.6) is 0 Å². The molecule has 0 spiro atoms. The average Bonchev–Trinajstić information content (AvgIpc) is 2.90. The fourth-order valence-corrected chi connectivity index (χ4v) is 5.34. The molecule has 10 heteroatoms. The highest BCUT2D eigenvalue weighted by molar-refractivity contribution is 6.34. The molecule has 0 radical (unpaired) electrons. The molecule has 0 heterocycles. The molecule has 2 atom stereocenters. The van der Waals surface area contributed by atoms with Crippen molar-refractivity contribution in [2.24, 2.45) is 5.73 Å². The number of nitrogens with zero attached hydrogens (tertiary/aromatic N) is 1. The first-order valence-corrected chi connectivity index (χ1v) is 15.7. The molecular formula is C34H49ClN4O5. The van der Waals surface area contributed by atoms with Crippen LogP contribution in [0.15, 0.2) is 36.4 Å². The molecule has 0 aromatic heterocycles. The molecule has 0 aliphatic carbocycles. The molecule has 2 aromatic carbocycles. The number of alkyl carbamates (subject to hydrolysis) is 1. The van der Waals surface area contributed by atoms with E-state index in [1.165, 1.54) is 4.90 Å². The molecular weight excluding hydrogens is 580 g/mol. The summed E-state index contributed by atoms with van der Waals surface area (Å²) in [5.74, 6) is -1.57. The maximum absolute atomic E-state index is 14.4. The Kier molecular flexibility index (Phi) is 14.2. The second-order valence-electron chi connectivity index (χ2n) is 12.4. The quantitative estimate of drug-likeness (QED) is 0.185. The molecule has 0 saturated carbocycles. The Labute approximate surface area is 267 Å².